The van der Waals surface area contributed by atoms with Crippen LogP contribution in [0.4, 0.5) is 5.69 Å². The predicted octanol–water partition coefficient (Wildman–Crippen LogP) is 0.621. The fourth-order valence-corrected chi connectivity index (χ4v) is 2.58. The maximum absolute atomic E-state index is 12.3. The summed E-state index contributed by atoms with van der Waals surface area (Å²) in [4.78, 5) is 20.9. The van der Waals surface area contributed by atoms with Crippen LogP contribution in [-0.4, -0.2) is 35.4 Å². The summed E-state index contributed by atoms with van der Waals surface area (Å²) in [7, 11) is -3.03. The molecule has 2 aromatic heterocycles. The van der Waals surface area contributed by atoms with E-state index >= 15 is 0 Å². The lowest BCUT2D eigenvalue weighted by Gasteiger charge is -2.04. The van der Waals surface area contributed by atoms with Crippen molar-refractivity contribution in [3.8, 4) is 5.88 Å². The molecule has 2 heterocycles. The van der Waals surface area contributed by atoms with Crippen molar-refractivity contribution >= 4 is 15.5 Å². The van der Waals surface area contributed by atoms with Gasteiger partial charge in [0.25, 0.3) is 15.0 Å². The van der Waals surface area contributed by atoms with Crippen molar-refractivity contribution in [3.63, 3.8) is 0 Å². The second kappa shape index (κ2) is 5.17. The van der Waals surface area contributed by atoms with Crippen molar-refractivity contribution in [1.82, 2.24) is 15.0 Å². The first kappa shape index (κ1) is 13.8. The summed E-state index contributed by atoms with van der Waals surface area (Å²) in [6.45, 7) is 0. The molecule has 0 fully saturated rings. The van der Waals surface area contributed by atoms with Gasteiger partial charge in [0.15, 0.2) is 0 Å². The second-order valence-corrected chi connectivity index (χ2v) is 5.23. The van der Waals surface area contributed by atoms with Crippen LogP contribution in [0.5, 0.6) is 5.88 Å². The molecule has 0 aliphatic carbocycles. The average molecular weight is 296 g/mol. The number of ether oxygens (including phenoxy) is 1. The minimum absolute atomic E-state index is 0.0647. The zero-order valence-corrected chi connectivity index (χ0v) is 10.9. The fourth-order valence-electron chi connectivity index (χ4n) is 1.38. The summed E-state index contributed by atoms with van der Waals surface area (Å²) in [5.41, 5.74) is -0.668. The third-order valence-electron chi connectivity index (χ3n) is 2.26. The minimum Gasteiger partial charge on any atom is -0.481 e. The number of sulfone groups is 1. The monoisotopic (exact) mass is 296 g/mol. The number of hydrogen-bond acceptors (Lipinski definition) is 8. The first-order valence-corrected chi connectivity index (χ1v) is 6.66. The van der Waals surface area contributed by atoms with Crippen molar-refractivity contribution in [2.45, 2.75) is 10.2 Å². The Morgan fingerprint density at radius 1 is 1.25 bits per heavy atom. The van der Waals surface area contributed by atoms with Gasteiger partial charge in [-0.1, -0.05) is 0 Å². The lowest BCUT2D eigenvalue weighted by molar-refractivity contribution is -0.388. The summed E-state index contributed by atoms with van der Waals surface area (Å²) in [6.07, 6.45) is 2.43. The van der Waals surface area contributed by atoms with Crippen LogP contribution in [0.15, 0.2) is 40.8 Å². The molecule has 0 aliphatic rings. The summed E-state index contributed by atoms with van der Waals surface area (Å²) in [6, 6.07) is 3.62. The number of rotatable bonds is 4. The molecule has 2 rings (SSSR count). The number of nitrogens with zero attached hydrogens (tertiary/aromatic N) is 4. The van der Waals surface area contributed by atoms with E-state index in [1.165, 1.54) is 31.6 Å². The SMILES string of the molecule is COc1ccc([N+](=O)[O-])c(S(=O)(=O)c2ncccn2)n1. The van der Waals surface area contributed by atoms with Crippen LogP contribution >= 0.6 is 0 Å². The van der Waals surface area contributed by atoms with Crippen LogP contribution in [-0.2, 0) is 9.84 Å². The Labute approximate surface area is 113 Å². The molecule has 0 amide bonds. The average Bonchev–Trinajstić information content (AvgIpc) is 2.47. The molecule has 0 aromatic carbocycles. The number of nitro groups is 1. The Morgan fingerprint density at radius 2 is 1.90 bits per heavy atom. The molecule has 2 aromatic rings. The van der Waals surface area contributed by atoms with E-state index < -0.39 is 30.6 Å². The molecule has 0 spiro atoms. The van der Waals surface area contributed by atoms with Gasteiger partial charge in [0.2, 0.25) is 10.9 Å². The van der Waals surface area contributed by atoms with Crippen molar-refractivity contribution in [3.05, 3.63) is 40.7 Å². The zero-order chi connectivity index (χ0) is 14.8. The summed E-state index contributed by atoms with van der Waals surface area (Å²) < 4.78 is 29.3. The molecule has 0 N–H and O–H groups in total. The van der Waals surface area contributed by atoms with Crippen LogP contribution in [0, 0.1) is 10.1 Å². The Bertz CT molecular complexity index is 747. The lowest BCUT2D eigenvalue weighted by Crippen LogP contribution is -2.11. The van der Waals surface area contributed by atoms with E-state index in [1.54, 1.807) is 0 Å². The van der Waals surface area contributed by atoms with Crippen LogP contribution in [0.3, 0.4) is 0 Å². The van der Waals surface area contributed by atoms with Crippen molar-refractivity contribution in [2.24, 2.45) is 0 Å². The van der Waals surface area contributed by atoms with Gasteiger partial charge in [0.1, 0.15) is 0 Å². The van der Waals surface area contributed by atoms with Gasteiger partial charge in [-0.3, -0.25) is 10.1 Å². The third kappa shape index (κ3) is 2.40. The number of aromatic nitrogens is 3. The van der Waals surface area contributed by atoms with E-state index in [0.717, 1.165) is 6.07 Å². The highest BCUT2D eigenvalue weighted by molar-refractivity contribution is 7.91. The van der Waals surface area contributed by atoms with E-state index in [1.807, 2.05) is 0 Å². The molecule has 0 unspecified atom stereocenters. The maximum atomic E-state index is 12.3. The molecule has 0 aliphatic heterocycles. The second-order valence-electron chi connectivity index (χ2n) is 3.47. The normalized spacial score (nSPS) is 11.1. The quantitative estimate of drug-likeness (QED) is 0.456. The zero-order valence-electron chi connectivity index (χ0n) is 10.1. The van der Waals surface area contributed by atoms with Gasteiger partial charge in [-0.2, -0.15) is 4.98 Å². The molecule has 20 heavy (non-hydrogen) atoms. The Hall–Kier alpha value is -2.62. The third-order valence-corrected chi connectivity index (χ3v) is 3.76. The smallest absolute Gasteiger partial charge is 0.307 e. The number of pyridine rings is 1. The fraction of sp³-hybridized carbons (Fsp3) is 0.100. The molecule has 0 atom stereocenters. The molecular weight excluding hydrogens is 288 g/mol. The standard InChI is InChI=1S/C10H8N4O5S/c1-19-8-4-3-7(14(15)16)9(13-8)20(17,18)10-11-5-2-6-12-10/h2-6H,1H3. The van der Waals surface area contributed by atoms with E-state index in [-0.39, 0.29) is 5.88 Å². The Balaban J connectivity index is 2.70. The molecule has 0 saturated carbocycles. The number of methoxy groups -OCH3 is 1. The highest BCUT2D eigenvalue weighted by Gasteiger charge is 2.32. The van der Waals surface area contributed by atoms with Gasteiger partial charge in [-0.15, -0.1) is 0 Å². The molecule has 10 heteroatoms. The number of hydrogen-bond donors (Lipinski definition) is 0. The summed E-state index contributed by atoms with van der Waals surface area (Å²) >= 11 is 0. The van der Waals surface area contributed by atoms with Gasteiger partial charge in [0.05, 0.1) is 12.0 Å². The molecule has 0 bridgehead atoms. The summed E-state index contributed by atoms with van der Waals surface area (Å²) in [5.74, 6) is -0.0647. The molecule has 0 saturated heterocycles. The Kier molecular flexibility index (Phi) is 3.57. The van der Waals surface area contributed by atoms with Gasteiger partial charge < -0.3 is 4.74 Å². The van der Waals surface area contributed by atoms with Gasteiger partial charge >= 0.3 is 5.69 Å². The molecule has 0 radical (unpaired) electrons. The molecule has 104 valence electrons. The largest absolute Gasteiger partial charge is 0.481 e. The summed E-state index contributed by atoms with van der Waals surface area (Å²) in [5, 5.41) is 9.60. The van der Waals surface area contributed by atoms with E-state index in [2.05, 4.69) is 15.0 Å². The van der Waals surface area contributed by atoms with E-state index in [0.29, 0.717) is 0 Å². The highest BCUT2D eigenvalue weighted by Crippen LogP contribution is 2.27. The first-order valence-electron chi connectivity index (χ1n) is 5.18. The lowest BCUT2D eigenvalue weighted by atomic mass is 10.4. The van der Waals surface area contributed by atoms with E-state index in [4.69, 9.17) is 4.74 Å². The van der Waals surface area contributed by atoms with Crippen molar-refractivity contribution < 1.29 is 18.1 Å². The van der Waals surface area contributed by atoms with E-state index in [9.17, 15) is 18.5 Å². The van der Waals surface area contributed by atoms with Crippen LogP contribution in [0.2, 0.25) is 0 Å². The van der Waals surface area contributed by atoms with Gasteiger partial charge in [-0.05, 0) is 6.07 Å². The van der Waals surface area contributed by atoms with Crippen LogP contribution < -0.4 is 4.74 Å². The topological polar surface area (TPSA) is 125 Å². The Morgan fingerprint density at radius 3 is 2.45 bits per heavy atom. The minimum atomic E-state index is -4.30. The van der Waals surface area contributed by atoms with Gasteiger partial charge in [0, 0.05) is 24.5 Å². The predicted molar refractivity (Wildman–Crippen MR) is 64.9 cm³/mol. The van der Waals surface area contributed by atoms with Crippen LogP contribution in [0.1, 0.15) is 0 Å². The first-order chi connectivity index (χ1) is 9.46. The maximum Gasteiger partial charge on any atom is 0.307 e. The van der Waals surface area contributed by atoms with Crippen LogP contribution in [0.25, 0.3) is 0 Å². The molecular formula is C10H8N4O5S. The van der Waals surface area contributed by atoms with Crippen molar-refractivity contribution in [1.29, 1.82) is 0 Å². The van der Waals surface area contributed by atoms with Crippen molar-refractivity contribution in [2.75, 3.05) is 7.11 Å². The molecule has 9 nitrogen and oxygen atoms in total. The van der Waals surface area contributed by atoms with Gasteiger partial charge in [-0.25, -0.2) is 18.4 Å². The highest BCUT2D eigenvalue weighted by atomic mass is 32.2.